The average molecular weight is 733 g/mol. The number of aliphatic hydroxyl groups excluding tert-OH is 5. The molecule has 1 fully saturated rings. The molecule has 50 heavy (non-hydrogen) atoms. The quantitative estimate of drug-likeness (QED) is 0.0237. The Morgan fingerprint density at radius 2 is 1.18 bits per heavy atom. The van der Waals surface area contributed by atoms with Crippen LogP contribution in [0.25, 0.3) is 0 Å². The number of hydrogen-bond acceptors (Lipinski definition) is 11. The number of carbonyl (C=O) groups is 1. The van der Waals surface area contributed by atoms with Crippen molar-refractivity contribution in [3.8, 4) is 0 Å². The van der Waals surface area contributed by atoms with E-state index in [-0.39, 0.29) is 13.0 Å². The third kappa shape index (κ3) is 21.6. The molecule has 0 aromatic carbocycles. The molecule has 0 heterocycles. The molecule has 6 N–H and O–H groups in total. The Bertz CT molecular complexity index is 1020. The van der Waals surface area contributed by atoms with Gasteiger partial charge in [-0.05, 0) is 51.4 Å². The minimum atomic E-state index is -5.01. The lowest BCUT2D eigenvalue weighted by Gasteiger charge is -2.41. The maximum atomic E-state index is 12.7. The second-order valence-corrected chi connectivity index (χ2v) is 14.1. The zero-order valence-corrected chi connectivity index (χ0v) is 31.1. The normalized spacial score (nSPS) is 24.9. The van der Waals surface area contributed by atoms with Crippen LogP contribution in [-0.2, 0) is 27.9 Å². The van der Waals surface area contributed by atoms with Crippen molar-refractivity contribution >= 4 is 13.8 Å². The van der Waals surface area contributed by atoms with Gasteiger partial charge in [0.15, 0.2) is 0 Å². The first-order chi connectivity index (χ1) is 24.0. The Kier molecular flexibility index (Phi) is 26.7. The van der Waals surface area contributed by atoms with Crippen LogP contribution in [0.5, 0.6) is 0 Å². The van der Waals surface area contributed by atoms with Gasteiger partial charge in [-0.25, -0.2) is 4.57 Å². The van der Waals surface area contributed by atoms with Gasteiger partial charge in [0.1, 0.15) is 42.7 Å². The molecule has 0 radical (unpaired) electrons. The predicted molar refractivity (Wildman–Crippen MR) is 193 cm³/mol. The van der Waals surface area contributed by atoms with E-state index in [1.165, 1.54) is 12.8 Å². The van der Waals surface area contributed by atoms with Crippen molar-refractivity contribution in [1.29, 1.82) is 0 Å². The third-order valence-corrected chi connectivity index (χ3v) is 9.20. The highest BCUT2D eigenvalue weighted by atomic mass is 31.2. The fourth-order valence-corrected chi connectivity index (χ4v) is 6.20. The van der Waals surface area contributed by atoms with E-state index in [4.69, 9.17) is 18.5 Å². The first-order valence-electron chi connectivity index (χ1n) is 18.5. The Balaban J connectivity index is 2.48. The van der Waals surface area contributed by atoms with Crippen LogP contribution < -0.4 is 0 Å². The monoisotopic (exact) mass is 732 g/mol. The number of hydrogen-bond donors (Lipinski definition) is 6. The van der Waals surface area contributed by atoms with Crippen LogP contribution in [0, 0.1) is 0 Å². The van der Waals surface area contributed by atoms with E-state index in [9.17, 15) is 39.8 Å². The van der Waals surface area contributed by atoms with Crippen LogP contribution in [0.1, 0.15) is 117 Å². The molecule has 6 unspecified atom stereocenters. The summed E-state index contributed by atoms with van der Waals surface area (Å²) in [6.07, 6.45) is 19.4. The molecule has 0 saturated heterocycles. The molecule has 1 saturated carbocycles. The minimum absolute atomic E-state index is 0.0993. The Labute approximate surface area is 299 Å². The summed E-state index contributed by atoms with van der Waals surface area (Å²) in [5.74, 6) is -0.499. The van der Waals surface area contributed by atoms with Gasteiger partial charge >= 0.3 is 13.8 Å². The summed E-state index contributed by atoms with van der Waals surface area (Å²) in [4.78, 5) is 22.8. The van der Waals surface area contributed by atoms with Crippen molar-refractivity contribution < 1.29 is 58.3 Å². The first-order valence-corrected chi connectivity index (χ1v) is 20.0. The maximum Gasteiger partial charge on any atom is 0.472 e. The van der Waals surface area contributed by atoms with E-state index in [1.54, 1.807) is 0 Å². The smallest absolute Gasteiger partial charge is 0.457 e. The van der Waals surface area contributed by atoms with Gasteiger partial charge in [0.05, 0.1) is 13.2 Å². The second-order valence-electron chi connectivity index (χ2n) is 12.7. The van der Waals surface area contributed by atoms with Gasteiger partial charge in [0.2, 0.25) is 0 Å². The molecule has 0 aromatic rings. The molecule has 290 valence electrons. The number of rotatable bonds is 29. The van der Waals surface area contributed by atoms with Crippen molar-refractivity contribution in [3.63, 3.8) is 0 Å². The highest BCUT2D eigenvalue weighted by Gasteiger charge is 2.51. The van der Waals surface area contributed by atoms with E-state index in [0.717, 1.165) is 77.0 Å². The number of phosphoric acid groups is 1. The van der Waals surface area contributed by atoms with Gasteiger partial charge in [-0.1, -0.05) is 107 Å². The zero-order chi connectivity index (χ0) is 37.0. The molecule has 1 aliphatic carbocycles. The Morgan fingerprint density at radius 3 is 1.78 bits per heavy atom. The number of phosphoric ester groups is 1. The van der Waals surface area contributed by atoms with Crippen LogP contribution in [0.2, 0.25) is 0 Å². The molecule has 0 spiro atoms. The molecule has 1 rings (SSSR count). The fraction of sp³-hybridized carbons (Fsp3) is 0.757. The lowest BCUT2D eigenvalue weighted by molar-refractivity contribution is -0.220. The van der Waals surface area contributed by atoms with Crippen LogP contribution in [0.4, 0.5) is 0 Å². The van der Waals surface area contributed by atoms with Crippen LogP contribution in [-0.4, -0.2) is 98.9 Å². The van der Waals surface area contributed by atoms with E-state index in [1.807, 2.05) is 0 Å². The summed E-state index contributed by atoms with van der Waals surface area (Å²) in [5, 5.41) is 49.8. The first kappa shape index (κ1) is 46.3. The summed E-state index contributed by atoms with van der Waals surface area (Å²) in [6, 6.07) is 0. The highest BCUT2D eigenvalue weighted by molar-refractivity contribution is 7.47. The molecular weight excluding hydrogens is 667 g/mol. The summed E-state index contributed by atoms with van der Waals surface area (Å²) < 4.78 is 33.8. The third-order valence-electron chi connectivity index (χ3n) is 8.22. The van der Waals surface area contributed by atoms with E-state index in [0.29, 0.717) is 13.0 Å². The molecule has 0 bridgehead atoms. The topological polar surface area (TPSA) is 192 Å². The standard InChI is InChI=1S/C37H65O12P/c1-3-5-7-9-11-12-13-14-15-16-17-18-19-21-23-25-27-46-28-30(48-31(38)26-24-22-20-10-8-6-4-2)29-47-50(44,45)49-37-35(42)33(40)32(39)34(41)36(37)43/h5,7,11-12,14-15,17-18,30,32-37,39-43H,3-4,6,8-10,13,16,19-29H2,1-2H3,(H,44,45)/b7-5-,12-11-,15-14-,18-17-. The molecule has 12 nitrogen and oxygen atoms in total. The van der Waals surface area contributed by atoms with E-state index < -0.39 is 63.1 Å². The fourth-order valence-electron chi connectivity index (χ4n) is 5.23. The zero-order valence-electron chi connectivity index (χ0n) is 30.2. The predicted octanol–water partition coefficient (Wildman–Crippen LogP) is 5.74. The van der Waals surface area contributed by atoms with Gasteiger partial charge in [-0.3, -0.25) is 13.8 Å². The molecule has 6 atom stereocenters. The van der Waals surface area contributed by atoms with Crippen LogP contribution >= 0.6 is 7.82 Å². The van der Waals surface area contributed by atoms with Gasteiger partial charge in [-0.2, -0.15) is 0 Å². The van der Waals surface area contributed by atoms with Gasteiger partial charge in [-0.15, -0.1) is 0 Å². The molecule has 13 heteroatoms. The van der Waals surface area contributed by atoms with Crippen molar-refractivity contribution in [2.45, 2.75) is 159 Å². The highest BCUT2D eigenvalue weighted by Crippen LogP contribution is 2.47. The largest absolute Gasteiger partial charge is 0.472 e. The van der Waals surface area contributed by atoms with Crippen molar-refractivity contribution in [1.82, 2.24) is 0 Å². The summed E-state index contributed by atoms with van der Waals surface area (Å²) in [7, 11) is -5.01. The number of ether oxygens (including phenoxy) is 2. The lowest BCUT2D eigenvalue weighted by Crippen LogP contribution is -2.64. The van der Waals surface area contributed by atoms with Crippen molar-refractivity contribution in [2.24, 2.45) is 0 Å². The summed E-state index contributed by atoms with van der Waals surface area (Å²) in [5.41, 5.74) is 0. The molecule has 0 aromatic heterocycles. The number of allylic oxidation sites excluding steroid dienone is 8. The number of esters is 1. The van der Waals surface area contributed by atoms with Crippen molar-refractivity contribution in [3.05, 3.63) is 48.6 Å². The SMILES string of the molecule is CC/C=C\C/C=C\C/C=C\C/C=C\CCCCCOCC(COP(=O)(O)OC1C(O)C(O)C(O)C(O)C1O)OC(=O)CCCCCCCCC. The summed E-state index contributed by atoms with van der Waals surface area (Å²) in [6.45, 7) is 3.97. The Morgan fingerprint density at radius 1 is 0.660 bits per heavy atom. The lowest BCUT2D eigenvalue weighted by atomic mass is 9.85. The second kappa shape index (κ2) is 28.8. The number of unbranched alkanes of at least 4 members (excludes halogenated alkanes) is 9. The van der Waals surface area contributed by atoms with Crippen molar-refractivity contribution in [2.75, 3.05) is 19.8 Å². The molecular formula is C37H65O12P. The number of carbonyl (C=O) groups excluding carboxylic acids is 1. The number of aliphatic hydroxyl groups is 5. The molecule has 0 amide bonds. The summed E-state index contributed by atoms with van der Waals surface area (Å²) >= 11 is 0. The maximum absolute atomic E-state index is 12.7. The average Bonchev–Trinajstić information content (AvgIpc) is 3.09. The van der Waals surface area contributed by atoms with Gasteiger partial charge in [0.25, 0.3) is 0 Å². The van der Waals surface area contributed by atoms with Gasteiger partial charge in [0, 0.05) is 13.0 Å². The molecule has 0 aliphatic heterocycles. The van der Waals surface area contributed by atoms with E-state index in [2.05, 4.69) is 62.5 Å². The van der Waals surface area contributed by atoms with Crippen LogP contribution in [0.3, 0.4) is 0 Å². The molecule has 1 aliphatic rings. The Hall–Kier alpha value is -1.70. The van der Waals surface area contributed by atoms with E-state index >= 15 is 0 Å². The van der Waals surface area contributed by atoms with Gasteiger partial charge < -0.3 is 39.9 Å². The minimum Gasteiger partial charge on any atom is -0.457 e. The van der Waals surface area contributed by atoms with Crippen LogP contribution in [0.15, 0.2) is 48.6 Å².